The van der Waals surface area contributed by atoms with Crippen molar-refractivity contribution in [3.8, 4) is 0 Å². The van der Waals surface area contributed by atoms with Crippen LogP contribution in [-0.2, 0) is 0 Å². The molecule has 0 saturated heterocycles. The van der Waals surface area contributed by atoms with Gasteiger partial charge in [0.05, 0.1) is 16.2 Å². The summed E-state index contributed by atoms with van der Waals surface area (Å²) in [6.45, 7) is 0. The van der Waals surface area contributed by atoms with E-state index in [1.54, 1.807) is 24.3 Å². The second kappa shape index (κ2) is 7.25. The van der Waals surface area contributed by atoms with Crippen molar-refractivity contribution in [3.63, 3.8) is 0 Å². The molecule has 2 aromatic carbocycles. The van der Waals surface area contributed by atoms with Crippen LogP contribution in [0.4, 0.5) is 15.8 Å². The Kier molecular flexibility index (Phi) is 5.35. The molecule has 0 aliphatic carbocycles. The lowest BCUT2D eigenvalue weighted by Crippen LogP contribution is -2.34. The van der Waals surface area contributed by atoms with Crippen molar-refractivity contribution < 1.29 is 14.1 Å². The zero-order valence-electron chi connectivity index (χ0n) is 11.4. The van der Waals surface area contributed by atoms with Gasteiger partial charge in [-0.2, -0.15) is 0 Å². The standard InChI is InChI=1S/C14H9BrFN3O3S/c15-10-4-2-1-3-9(10)13(20)18-14(23)17-12-7-8(19(21)22)5-6-11(12)16/h1-7H,(H2,17,18,20,23). The summed E-state index contributed by atoms with van der Waals surface area (Å²) >= 11 is 8.16. The molecule has 0 spiro atoms. The number of thiocarbonyl (C=S) groups is 1. The molecule has 2 aromatic rings. The van der Waals surface area contributed by atoms with E-state index in [1.807, 2.05) is 0 Å². The number of hydrogen-bond acceptors (Lipinski definition) is 4. The van der Waals surface area contributed by atoms with Gasteiger partial charge in [-0.05, 0) is 46.3 Å². The molecule has 0 unspecified atom stereocenters. The molecule has 0 bridgehead atoms. The number of benzene rings is 2. The molecule has 23 heavy (non-hydrogen) atoms. The summed E-state index contributed by atoms with van der Waals surface area (Å²) in [7, 11) is 0. The van der Waals surface area contributed by atoms with Crippen LogP contribution >= 0.6 is 28.1 Å². The maximum absolute atomic E-state index is 13.7. The van der Waals surface area contributed by atoms with E-state index in [0.717, 1.165) is 18.2 Å². The lowest BCUT2D eigenvalue weighted by atomic mass is 10.2. The molecule has 0 aliphatic heterocycles. The van der Waals surface area contributed by atoms with Gasteiger partial charge in [0, 0.05) is 16.6 Å². The van der Waals surface area contributed by atoms with E-state index in [9.17, 15) is 19.3 Å². The highest BCUT2D eigenvalue weighted by atomic mass is 79.9. The van der Waals surface area contributed by atoms with Crippen LogP contribution < -0.4 is 10.6 Å². The second-order valence-corrected chi connectivity index (χ2v) is 5.57. The Balaban J connectivity index is 2.11. The first-order valence-electron chi connectivity index (χ1n) is 6.19. The van der Waals surface area contributed by atoms with Crippen molar-refractivity contribution in [2.75, 3.05) is 5.32 Å². The smallest absolute Gasteiger partial charge is 0.271 e. The molecule has 0 fully saturated rings. The number of amides is 1. The van der Waals surface area contributed by atoms with Gasteiger partial charge in [0.25, 0.3) is 11.6 Å². The van der Waals surface area contributed by atoms with E-state index in [-0.39, 0.29) is 16.5 Å². The quantitative estimate of drug-likeness (QED) is 0.469. The fourth-order valence-corrected chi connectivity index (χ4v) is 2.36. The van der Waals surface area contributed by atoms with Crippen molar-refractivity contribution in [3.05, 3.63) is 68.4 Å². The normalized spacial score (nSPS) is 10.0. The van der Waals surface area contributed by atoms with Crippen LogP contribution in [-0.4, -0.2) is 15.9 Å². The fraction of sp³-hybridized carbons (Fsp3) is 0. The largest absolute Gasteiger partial charge is 0.330 e. The third-order valence-corrected chi connectivity index (χ3v) is 3.65. The maximum Gasteiger partial charge on any atom is 0.271 e. The monoisotopic (exact) mass is 397 g/mol. The van der Waals surface area contributed by atoms with Gasteiger partial charge in [0.2, 0.25) is 0 Å². The van der Waals surface area contributed by atoms with Gasteiger partial charge in [-0.25, -0.2) is 4.39 Å². The van der Waals surface area contributed by atoms with Crippen LogP contribution in [0, 0.1) is 15.9 Å². The van der Waals surface area contributed by atoms with Crippen LogP contribution in [0.25, 0.3) is 0 Å². The molecule has 0 saturated carbocycles. The lowest BCUT2D eigenvalue weighted by Gasteiger charge is -2.11. The number of rotatable bonds is 3. The van der Waals surface area contributed by atoms with Gasteiger partial charge in [0.1, 0.15) is 5.82 Å². The Morgan fingerprint density at radius 1 is 1.26 bits per heavy atom. The van der Waals surface area contributed by atoms with Gasteiger partial charge in [-0.3, -0.25) is 20.2 Å². The number of anilines is 1. The van der Waals surface area contributed by atoms with Gasteiger partial charge < -0.3 is 5.32 Å². The fourth-order valence-electron chi connectivity index (χ4n) is 1.69. The SMILES string of the molecule is O=C(NC(=S)Nc1cc([N+](=O)[O-])ccc1F)c1ccccc1Br. The van der Waals surface area contributed by atoms with E-state index in [4.69, 9.17) is 12.2 Å². The van der Waals surface area contributed by atoms with Crippen molar-refractivity contribution >= 4 is 50.5 Å². The topological polar surface area (TPSA) is 84.3 Å². The molecular formula is C14H9BrFN3O3S. The van der Waals surface area contributed by atoms with Crippen LogP contribution in [0.3, 0.4) is 0 Å². The first kappa shape index (κ1) is 17.0. The molecule has 0 aromatic heterocycles. The molecule has 0 heterocycles. The van der Waals surface area contributed by atoms with E-state index in [0.29, 0.717) is 10.0 Å². The minimum absolute atomic E-state index is 0.176. The molecule has 2 rings (SSSR count). The van der Waals surface area contributed by atoms with Crippen molar-refractivity contribution in [2.45, 2.75) is 0 Å². The summed E-state index contributed by atoms with van der Waals surface area (Å²) < 4.78 is 14.2. The molecule has 9 heteroatoms. The number of hydrogen-bond donors (Lipinski definition) is 2. The Morgan fingerprint density at radius 3 is 2.61 bits per heavy atom. The number of carbonyl (C=O) groups excluding carboxylic acids is 1. The lowest BCUT2D eigenvalue weighted by molar-refractivity contribution is -0.384. The van der Waals surface area contributed by atoms with Crippen molar-refractivity contribution in [1.29, 1.82) is 0 Å². The maximum atomic E-state index is 13.7. The highest BCUT2D eigenvalue weighted by Crippen LogP contribution is 2.21. The molecule has 2 N–H and O–H groups in total. The van der Waals surface area contributed by atoms with Crippen LogP contribution in [0.2, 0.25) is 0 Å². The highest BCUT2D eigenvalue weighted by Gasteiger charge is 2.14. The second-order valence-electron chi connectivity index (χ2n) is 4.31. The summed E-state index contributed by atoms with van der Waals surface area (Å²) in [6.07, 6.45) is 0. The first-order chi connectivity index (χ1) is 10.9. The summed E-state index contributed by atoms with van der Waals surface area (Å²) in [5, 5.41) is 15.3. The minimum Gasteiger partial charge on any atom is -0.330 e. The Hall–Kier alpha value is -2.39. The summed E-state index contributed by atoms with van der Waals surface area (Å²) in [5.74, 6) is -1.23. The summed E-state index contributed by atoms with van der Waals surface area (Å²) in [4.78, 5) is 22.1. The van der Waals surface area contributed by atoms with Crippen molar-refractivity contribution in [1.82, 2.24) is 5.32 Å². The Morgan fingerprint density at radius 2 is 1.96 bits per heavy atom. The molecule has 1 amide bonds. The molecular weight excluding hydrogens is 389 g/mol. The number of carbonyl (C=O) groups is 1. The molecule has 0 aliphatic rings. The average molecular weight is 398 g/mol. The van der Waals surface area contributed by atoms with E-state index >= 15 is 0 Å². The minimum atomic E-state index is -0.729. The first-order valence-corrected chi connectivity index (χ1v) is 7.39. The zero-order chi connectivity index (χ0) is 17.0. The van der Waals surface area contributed by atoms with E-state index < -0.39 is 16.6 Å². The molecule has 0 atom stereocenters. The zero-order valence-corrected chi connectivity index (χ0v) is 13.8. The van der Waals surface area contributed by atoms with Crippen LogP contribution in [0.5, 0.6) is 0 Å². The third kappa shape index (κ3) is 4.30. The molecule has 118 valence electrons. The number of nitro benzene ring substituents is 1. The summed E-state index contributed by atoms with van der Waals surface area (Å²) in [6, 6.07) is 9.65. The summed E-state index contributed by atoms with van der Waals surface area (Å²) in [5.41, 5.74) is -0.151. The number of nitrogens with one attached hydrogen (secondary N) is 2. The third-order valence-electron chi connectivity index (χ3n) is 2.75. The molecule has 0 radical (unpaired) electrons. The van der Waals surface area contributed by atoms with E-state index in [1.165, 1.54) is 0 Å². The van der Waals surface area contributed by atoms with E-state index in [2.05, 4.69) is 26.6 Å². The number of halogens is 2. The predicted molar refractivity (Wildman–Crippen MR) is 90.9 cm³/mol. The average Bonchev–Trinajstić information content (AvgIpc) is 2.49. The number of nitrogens with zero attached hydrogens (tertiary/aromatic N) is 1. The van der Waals surface area contributed by atoms with Gasteiger partial charge >= 0.3 is 0 Å². The Bertz CT molecular complexity index is 801. The van der Waals surface area contributed by atoms with Crippen LogP contribution in [0.15, 0.2) is 46.9 Å². The van der Waals surface area contributed by atoms with Gasteiger partial charge in [-0.1, -0.05) is 12.1 Å². The Labute approximate surface area is 144 Å². The highest BCUT2D eigenvalue weighted by molar-refractivity contribution is 9.10. The molecule has 6 nitrogen and oxygen atoms in total. The van der Waals surface area contributed by atoms with Crippen molar-refractivity contribution in [2.24, 2.45) is 0 Å². The number of nitro groups is 1. The predicted octanol–water partition coefficient (Wildman–Crippen LogP) is 3.62. The van der Waals surface area contributed by atoms with Crippen LogP contribution in [0.1, 0.15) is 10.4 Å². The van der Waals surface area contributed by atoms with Gasteiger partial charge in [0.15, 0.2) is 5.11 Å². The number of non-ortho nitro benzene ring substituents is 1. The van der Waals surface area contributed by atoms with Gasteiger partial charge in [-0.15, -0.1) is 0 Å².